The van der Waals surface area contributed by atoms with Crippen molar-refractivity contribution in [3.05, 3.63) is 23.2 Å². The molecule has 0 aliphatic carbocycles. The van der Waals surface area contributed by atoms with E-state index in [4.69, 9.17) is 21.1 Å². The molecule has 1 aromatic carbocycles. The minimum Gasteiger partial charge on any atom is -0.495 e. The second-order valence-corrected chi connectivity index (χ2v) is 7.17. The summed E-state index contributed by atoms with van der Waals surface area (Å²) in [5.41, 5.74) is 0. The van der Waals surface area contributed by atoms with Gasteiger partial charge in [0.05, 0.1) is 13.2 Å². The molecular weight excluding hydrogens is 302 g/mol. The molecule has 0 spiro atoms. The topological polar surface area (TPSA) is 55.8 Å². The lowest BCUT2D eigenvalue weighted by Gasteiger charge is -2.21. The molecule has 20 heavy (non-hydrogen) atoms. The second-order valence-electron chi connectivity index (χ2n) is 4.72. The number of halogens is 1. The fourth-order valence-electron chi connectivity index (χ4n) is 2.19. The molecule has 1 fully saturated rings. The summed E-state index contributed by atoms with van der Waals surface area (Å²) < 4.78 is 37.0. The van der Waals surface area contributed by atoms with Gasteiger partial charge in [0, 0.05) is 25.2 Å². The van der Waals surface area contributed by atoms with Gasteiger partial charge in [0.2, 0.25) is 10.0 Å². The third-order valence-corrected chi connectivity index (χ3v) is 5.38. The van der Waals surface area contributed by atoms with Crippen LogP contribution in [0.15, 0.2) is 23.1 Å². The van der Waals surface area contributed by atoms with E-state index in [2.05, 4.69) is 0 Å². The summed E-state index contributed by atoms with van der Waals surface area (Å²) in [6.07, 6.45) is 1.81. The van der Waals surface area contributed by atoms with Crippen LogP contribution in [-0.2, 0) is 14.8 Å². The van der Waals surface area contributed by atoms with Crippen LogP contribution in [-0.4, -0.2) is 46.1 Å². The molecule has 0 saturated carbocycles. The average molecular weight is 320 g/mol. The quantitative estimate of drug-likeness (QED) is 0.834. The van der Waals surface area contributed by atoms with Crippen LogP contribution >= 0.6 is 11.6 Å². The number of hydrogen-bond donors (Lipinski definition) is 0. The van der Waals surface area contributed by atoms with Gasteiger partial charge < -0.3 is 9.47 Å². The Balaban J connectivity index is 2.26. The number of rotatable bonds is 5. The first-order chi connectivity index (χ1) is 9.45. The number of likely N-dealkylation sites (N-methyl/N-ethyl adjacent to an activating group) is 1. The van der Waals surface area contributed by atoms with Crippen molar-refractivity contribution in [3.63, 3.8) is 0 Å². The molecule has 1 aromatic rings. The Morgan fingerprint density at radius 3 is 2.85 bits per heavy atom. The smallest absolute Gasteiger partial charge is 0.246 e. The van der Waals surface area contributed by atoms with Crippen molar-refractivity contribution in [2.24, 2.45) is 0 Å². The summed E-state index contributed by atoms with van der Waals surface area (Å²) in [5, 5.41) is 0.356. The highest BCUT2D eigenvalue weighted by Gasteiger charge is 2.28. The molecule has 5 nitrogen and oxygen atoms in total. The van der Waals surface area contributed by atoms with Gasteiger partial charge in [0.15, 0.2) is 0 Å². The average Bonchev–Trinajstić information content (AvgIpc) is 2.91. The Kier molecular flexibility index (Phi) is 4.90. The zero-order valence-corrected chi connectivity index (χ0v) is 13.1. The van der Waals surface area contributed by atoms with Gasteiger partial charge in [0.25, 0.3) is 0 Å². The zero-order chi connectivity index (χ0) is 14.8. The molecular formula is C13H18ClNO4S. The number of ether oxygens (including phenoxy) is 2. The number of nitrogens with zero attached hydrogens (tertiary/aromatic N) is 1. The van der Waals surface area contributed by atoms with Crippen molar-refractivity contribution in [3.8, 4) is 5.75 Å². The Morgan fingerprint density at radius 1 is 1.50 bits per heavy atom. The molecule has 0 N–H and O–H groups in total. The molecule has 0 radical (unpaired) electrons. The zero-order valence-electron chi connectivity index (χ0n) is 11.5. The van der Waals surface area contributed by atoms with Gasteiger partial charge in [-0.05, 0) is 31.0 Å². The van der Waals surface area contributed by atoms with E-state index >= 15 is 0 Å². The lowest BCUT2D eigenvalue weighted by Crippen LogP contribution is -2.34. The van der Waals surface area contributed by atoms with E-state index in [1.165, 1.54) is 24.5 Å². The molecule has 1 aliphatic heterocycles. The van der Waals surface area contributed by atoms with Crippen molar-refractivity contribution in [2.75, 3.05) is 27.3 Å². The molecule has 1 unspecified atom stereocenters. The highest BCUT2D eigenvalue weighted by Crippen LogP contribution is 2.29. The normalized spacial score (nSPS) is 19.5. The molecule has 1 aliphatic rings. The van der Waals surface area contributed by atoms with Crippen molar-refractivity contribution in [1.29, 1.82) is 0 Å². The van der Waals surface area contributed by atoms with E-state index in [1.54, 1.807) is 12.1 Å². The van der Waals surface area contributed by atoms with E-state index in [0.717, 1.165) is 12.8 Å². The van der Waals surface area contributed by atoms with E-state index < -0.39 is 10.0 Å². The van der Waals surface area contributed by atoms with Gasteiger partial charge in [-0.2, -0.15) is 4.31 Å². The van der Waals surface area contributed by atoms with Crippen LogP contribution < -0.4 is 4.74 Å². The highest BCUT2D eigenvalue weighted by molar-refractivity contribution is 7.89. The standard InChI is InChI=1S/C13H18ClNO4S/c1-15(9-11-4-3-7-19-11)20(16,17)13-8-10(14)5-6-12(13)18-2/h5-6,8,11H,3-4,7,9H2,1-2H3. The van der Waals surface area contributed by atoms with E-state index in [0.29, 0.717) is 18.2 Å². The van der Waals surface area contributed by atoms with Crippen LogP contribution in [0.2, 0.25) is 5.02 Å². The molecule has 0 amide bonds. The SMILES string of the molecule is COc1ccc(Cl)cc1S(=O)(=O)N(C)CC1CCCO1. The molecule has 0 bridgehead atoms. The summed E-state index contributed by atoms with van der Waals surface area (Å²) in [6.45, 7) is 1.02. The van der Waals surface area contributed by atoms with Crippen LogP contribution in [0, 0.1) is 0 Å². The summed E-state index contributed by atoms with van der Waals surface area (Å²) >= 11 is 5.89. The molecule has 7 heteroatoms. The second kappa shape index (κ2) is 6.30. The molecule has 1 saturated heterocycles. The van der Waals surface area contributed by atoms with Crippen LogP contribution in [0.1, 0.15) is 12.8 Å². The predicted molar refractivity (Wildman–Crippen MR) is 76.8 cm³/mol. The molecule has 112 valence electrons. The van der Waals surface area contributed by atoms with Crippen molar-refractivity contribution >= 4 is 21.6 Å². The molecule has 2 rings (SSSR count). The Morgan fingerprint density at radius 2 is 2.25 bits per heavy atom. The van der Waals surface area contributed by atoms with Gasteiger partial charge >= 0.3 is 0 Å². The van der Waals surface area contributed by atoms with E-state index in [-0.39, 0.29) is 16.7 Å². The Bertz CT molecular complexity index is 570. The maximum absolute atomic E-state index is 12.6. The summed E-state index contributed by atoms with van der Waals surface area (Å²) in [5.74, 6) is 0.286. The third kappa shape index (κ3) is 3.25. The monoisotopic (exact) mass is 319 g/mol. The van der Waals surface area contributed by atoms with Crippen LogP contribution in [0.25, 0.3) is 0 Å². The van der Waals surface area contributed by atoms with E-state index in [1.807, 2.05) is 0 Å². The summed E-state index contributed by atoms with van der Waals surface area (Å²) in [7, 11) is -0.676. The largest absolute Gasteiger partial charge is 0.495 e. The minimum atomic E-state index is -3.65. The third-order valence-electron chi connectivity index (χ3n) is 3.30. The van der Waals surface area contributed by atoms with Gasteiger partial charge in [-0.1, -0.05) is 11.6 Å². The lowest BCUT2D eigenvalue weighted by atomic mass is 10.2. The van der Waals surface area contributed by atoms with Crippen molar-refractivity contribution in [2.45, 2.75) is 23.8 Å². The Hall–Kier alpha value is -0.820. The number of methoxy groups -OCH3 is 1. The summed E-state index contributed by atoms with van der Waals surface area (Å²) in [6, 6.07) is 4.55. The van der Waals surface area contributed by atoms with Gasteiger partial charge in [-0.3, -0.25) is 0 Å². The maximum Gasteiger partial charge on any atom is 0.246 e. The first-order valence-electron chi connectivity index (χ1n) is 6.36. The predicted octanol–water partition coefficient (Wildman–Crippen LogP) is 2.15. The lowest BCUT2D eigenvalue weighted by molar-refractivity contribution is 0.0978. The van der Waals surface area contributed by atoms with Gasteiger partial charge in [-0.15, -0.1) is 0 Å². The van der Waals surface area contributed by atoms with Crippen LogP contribution in [0.5, 0.6) is 5.75 Å². The van der Waals surface area contributed by atoms with Crippen molar-refractivity contribution < 1.29 is 17.9 Å². The first kappa shape index (κ1) is 15.6. The number of sulfonamides is 1. The van der Waals surface area contributed by atoms with Crippen molar-refractivity contribution in [1.82, 2.24) is 4.31 Å². The fraction of sp³-hybridized carbons (Fsp3) is 0.538. The summed E-state index contributed by atoms with van der Waals surface area (Å²) in [4.78, 5) is 0.0768. The van der Waals surface area contributed by atoms with Gasteiger partial charge in [-0.25, -0.2) is 8.42 Å². The number of benzene rings is 1. The van der Waals surface area contributed by atoms with Crippen LogP contribution in [0.3, 0.4) is 0 Å². The number of hydrogen-bond acceptors (Lipinski definition) is 4. The maximum atomic E-state index is 12.6. The highest BCUT2D eigenvalue weighted by atomic mass is 35.5. The molecule has 0 aromatic heterocycles. The first-order valence-corrected chi connectivity index (χ1v) is 8.18. The fourth-order valence-corrected chi connectivity index (χ4v) is 3.81. The molecule has 1 atom stereocenters. The minimum absolute atomic E-state index is 0.0417. The molecule has 1 heterocycles. The van der Waals surface area contributed by atoms with Gasteiger partial charge in [0.1, 0.15) is 10.6 Å². The van der Waals surface area contributed by atoms with Crippen LogP contribution in [0.4, 0.5) is 0 Å². The Labute approximate surface area is 124 Å². The van der Waals surface area contributed by atoms with E-state index in [9.17, 15) is 8.42 Å².